The van der Waals surface area contributed by atoms with Gasteiger partial charge in [-0.25, -0.2) is 4.98 Å². The maximum Gasteiger partial charge on any atom is 0.257 e. The molecule has 0 aromatic carbocycles. The lowest BCUT2D eigenvalue weighted by molar-refractivity contribution is -0.119. The van der Waals surface area contributed by atoms with E-state index >= 15 is 0 Å². The minimum atomic E-state index is -0.297. The molecule has 0 unspecified atom stereocenters. The minimum absolute atomic E-state index is 0.0641. The van der Waals surface area contributed by atoms with E-state index in [1.165, 1.54) is 12.8 Å². The normalized spacial score (nSPS) is 19.2. The molecule has 7 rings (SSSR count). The summed E-state index contributed by atoms with van der Waals surface area (Å²) in [5, 5.41) is 10.9. The molecule has 1 aliphatic carbocycles. The number of rotatable bonds is 6. The molecule has 2 amide bonds. The second-order valence-electron chi connectivity index (χ2n) is 10.0. The number of H-pyrrole nitrogens is 1. The molecule has 10 heteroatoms. The van der Waals surface area contributed by atoms with Crippen LogP contribution >= 0.6 is 0 Å². The van der Waals surface area contributed by atoms with Crippen LogP contribution in [0.4, 0.5) is 11.4 Å². The van der Waals surface area contributed by atoms with Crippen LogP contribution in [0.15, 0.2) is 43.0 Å². The Morgan fingerprint density at radius 1 is 1.06 bits per heavy atom. The first-order valence-electron chi connectivity index (χ1n) is 12.2. The van der Waals surface area contributed by atoms with Gasteiger partial charge in [-0.1, -0.05) is 0 Å². The van der Waals surface area contributed by atoms with Crippen LogP contribution in [0.5, 0.6) is 0 Å². The SMILES string of the molecule is Cc1ncc(NC(=O)CN2CC3CC(C3)C2)cc1NC(=O)c1cnc2[nH]c(-c3cnn(C)c3)cc2c1. The van der Waals surface area contributed by atoms with Crippen molar-refractivity contribution in [1.29, 1.82) is 0 Å². The van der Waals surface area contributed by atoms with Gasteiger partial charge in [0.15, 0.2) is 0 Å². The first-order chi connectivity index (χ1) is 17.4. The summed E-state index contributed by atoms with van der Waals surface area (Å²) >= 11 is 0. The molecule has 2 saturated heterocycles. The molecule has 2 bridgehead atoms. The number of carbonyl (C=O) groups excluding carboxylic acids is 2. The van der Waals surface area contributed by atoms with E-state index in [0.29, 0.717) is 34.8 Å². The molecule has 3 fully saturated rings. The number of piperidine rings is 2. The molecule has 6 heterocycles. The molecular weight excluding hydrogens is 456 g/mol. The van der Waals surface area contributed by atoms with Crippen molar-refractivity contribution >= 4 is 34.2 Å². The molecule has 3 aliphatic rings. The van der Waals surface area contributed by atoms with Gasteiger partial charge < -0.3 is 15.6 Å². The van der Waals surface area contributed by atoms with E-state index in [4.69, 9.17) is 0 Å². The third-order valence-corrected chi connectivity index (χ3v) is 7.10. The average Bonchev–Trinajstić information content (AvgIpc) is 3.46. The molecule has 3 N–H and O–H groups in total. The monoisotopic (exact) mass is 484 g/mol. The number of anilines is 2. The number of aromatic amines is 1. The number of hydrogen-bond donors (Lipinski definition) is 3. The van der Waals surface area contributed by atoms with E-state index < -0.39 is 0 Å². The molecule has 4 aromatic rings. The van der Waals surface area contributed by atoms with Gasteiger partial charge in [0.25, 0.3) is 5.91 Å². The zero-order valence-corrected chi connectivity index (χ0v) is 20.3. The van der Waals surface area contributed by atoms with Crippen LogP contribution in [0, 0.1) is 18.8 Å². The van der Waals surface area contributed by atoms with Crippen LogP contribution in [0.25, 0.3) is 22.3 Å². The first kappa shape index (κ1) is 22.4. The highest BCUT2D eigenvalue weighted by Crippen LogP contribution is 2.39. The molecule has 10 nitrogen and oxygen atoms in total. The second-order valence-corrected chi connectivity index (χ2v) is 10.0. The zero-order valence-electron chi connectivity index (χ0n) is 20.3. The minimum Gasteiger partial charge on any atom is -0.339 e. The Bertz CT molecular complexity index is 1460. The summed E-state index contributed by atoms with van der Waals surface area (Å²) < 4.78 is 1.73. The Labute approximate surface area is 208 Å². The number of carbonyl (C=O) groups is 2. The second kappa shape index (κ2) is 8.87. The Morgan fingerprint density at radius 2 is 1.86 bits per heavy atom. The summed E-state index contributed by atoms with van der Waals surface area (Å²) in [6.45, 7) is 4.20. The highest BCUT2D eigenvalue weighted by molar-refractivity contribution is 6.06. The van der Waals surface area contributed by atoms with Gasteiger partial charge >= 0.3 is 0 Å². The predicted octanol–water partition coefficient (Wildman–Crippen LogP) is 3.20. The number of hydrogen-bond acceptors (Lipinski definition) is 6. The Kier molecular flexibility index (Phi) is 5.52. The number of nitrogens with zero attached hydrogens (tertiary/aromatic N) is 5. The van der Waals surface area contributed by atoms with Crippen LogP contribution in [0.1, 0.15) is 28.9 Å². The van der Waals surface area contributed by atoms with Crippen LogP contribution in [-0.2, 0) is 11.8 Å². The molecule has 1 saturated carbocycles. The van der Waals surface area contributed by atoms with Crippen molar-refractivity contribution in [2.75, 3.05) is 30.3 Å². The van der Waals surface area contributed by atoms with Crippen molar-refractivity contribution in [3.63, 3.8) is 0 Å². The van der Waals surface area contributed by atoms with Crippen molar-refractivity contribution in [2.45, 2.75) is 19.8 Å². The highest BCUT2D eigenvalue weighted by Gasteiger charge is 2.37. The van der Waals surface area contributed by atoms with Gasteiger partial charge in [0.05, 0.1) is 47.3 Å². The van der Waals surface area contributed by atoms with Crippen LogP contribution in [0.2, 0.25) is 0 Å². The van der Waals surface area contributed by atoms with Crippen molar-refractivity contribution in [2.24, 2.45) is 18.9 Å². The molecule has 4 aromatic heterocycles. The fraction of sp³-hybridized carbons (Fsp3) is 0.346. The maximum absolute atomic E-state index is 13.0. The molecule has 0 atom stereocenters. The Balaban J connectivity index is 1.13. The van der Waals surface area contributed by atoms with Gasteiger partial charge in [-0.05, 0) is 49.8 Å². The number of fused-ring (bicyclic) bond motifs is 3. The van der Waals surface area contributed by atoms with Gasteiger partial charge in [-0.2, -0.15) is 5.10 Å². The standard InChI is InChI=1S/C26H28N8O2/c1-15-22(7-21(10-27-15)30-24(35)14-34-11-16-3-17(4-16)12-34)32-26(36)19-5-18-6-23(31-25(18)28-8-19)20-9-29-33(2)13-20/h5-10,13,16-17H,3-4,11-12,14H2,1-2H3,(H,28,31)(H,30,35)(H,32,36). The number of pyridine rings is 2. The molecule has 2 aliphatic heterocycles. The van der Waals surface area contributed by atoms with Crippen LogP contribution < -0.4 is 10.6 Å². The number of aryl methyl sites for hydroxylation is 2. The van der Waals surface area contributed by atoms with Crippen molar-refractivity contribution in [3.8, 4) is 11.3 Å². The van der Waals surface area contributed by atoms with Gasteiger partial charge in [0.1, 0.15) is 5.65 Å². The Hall–Kier alpha value is -4.05. The van der Waals surface area contributed by atoms with E-state index in [1.807, 2.05) is 26.2 Å². The molecule has 36 heavy (non-hydrogen) atoms. The summed E-state index contributed by atoms with van der Waals surface area (Å²) in [6.07, 6.45) is 9.45. The first-order valence-corrected chi connectivity index (χ1v) is 12.2. The Morgan fingerprint density at radius 3 is 2.61 bits per heavy atom. The fourth-order valence-electron chi connectivity index (χ4n) is 5.29. The highest BCUT2D eigenvalue weighted by atomic mass is 16.2. The lowest BCUT2D eigenvalue weighted by atomic mass is 9.71. The topological polar surface area (TPSA) is 121 Å². The van der Waals surface area contributed by atoms with Crippen molar-refractivity contribution < 1.29 is 9.59 Å². The molecule has 184 valence electrons. The number of nitrogens with one attached hydrogen (secondary N) is 3. The molecular formula is C26H28N8O2. The summed E-state index contributed by atoms with van der Waals surface area (Å²) in [4.78, 5) is 39.9. The molecule has 0 radical (unpaired) electrons. The zero-order chi connectivity index (χ0) is 24.8. The number of aromatic nitrogens is 5. The fourth-order valence-corrected chi connectivity index (χ4v) is 5.29. The summed E-state index contributed by atoms with van der Waals surface area (Å²) in [5.74, 6) is 1.14. The summed E-state index contributed by atoms with van der Waals surface area (Å²) in [7, 11) is 1.86. The third-order valence-electron chi connectivity index (χ3n) is 7.10. The van der Waals surface area contributed by atoms with E-state index in [-0.39, 0.29) is 11.8 Å². The van der Waals surface area contributed by atoms with Gasteiger partial charge in [0, 0.05) is 43.5 Å². The summed E-state index contributed by atoms with van der Waals surface area (Å²) in [5.41, 5.74) is 4.71. The quantitative estimate of drug-likeness (QED) is 0.387. The molecule has 0 spiro atoms. The largest absolute Gasteiger partial charge is 0.339 e. The van der Waals surface area contributed by atoms with Crippen molar-refractivity contribution in [1.82, 2.24) is 29.6 Å². The number of amides is 2. The smallest absolute Gasteiger partial charge is 0.257 e. The van der Waals surface area contributed by atoms with Crippen LogP contribution in [0.3, 0.4) is 0 Å². The lowest BCUT2D eigenvalue weighted by Crippen LogP contribution is -2.50. The third kappa shape index (κ3) is 4.47. The van der Waals surface area contributed by atoms with Crippen LogP contribution in [-0.4, -0.2) is 61.1 Å². The lowest BCUT2D eigenvalue weighted by Gasteiger charge is -2.46. The van der Waals surface area contributed by atoms with E-state index in [9.17, 15) is 9.59 Å². The average molecular weight is 485 g/mol. The van der Waals surface area contributed by atoms with Gasteiger partial charge in [0.2, 0.25) is 5.91 Å². The predicted molar refractivity (Wildman–Crippen MR) is 137 cm³/mol. The van der Waals surface area contributed by atoms with E-state index in [1.54, 1.807) is 35.4 Å². The van der Waals surface area contributed by atoms with E-state index in [0.717, 1.165) is 41.6 Å². The van der Waals surface area contributed by atoms with Gasteiger partial charge in [-0.15, -0.1) is 0 Å². The van der Waals surface area contributed by atoms with Crippen molar-refractivity contribution in [3.05, 3.63) is 54.2 Å². The van der Waals surface area contributed by atoms with E-state index in [2.05, 4.69) is 35.6 Å². The van der Waals surface area contributed by atoms with Gasteiger partial charge in [-0.3, -0.25) is 24.2 Å². The maximum atomic E-state index is 13.0. The summed E-state index contributed by atoms with van der Waals surface area (Å²) in [6, 6.07) is 5.49.